The first kappa shape index (κ1) is 60.7. The SMILES string of the molecule is C(CCCCCCCCCC/C=C/CCCCCCCCCC/C=C/CCCCCCCCCC/C=C/CCCCCCCCCCC1OCCO1)=P(c1ccccc1)(c1ccccc1)c1ccccc1. The number of unbranched alkanes of at least 4 members (excludes halogenated alkanes) is 35. The summed E-state index contributed by atoms with van der Waals surface area (Å²) < 4.78 is 11.0. The van der Waals surface area contributed by atoms with E-state index in [-0.39, 0.29) is 6.29 Å². The molecule has 0 N–H and O–H groups in total. The molecule has 3 heteroatoms. The maximum absolute atomic E-state index is 5.52. The van der Waals surface area contributed by atoms with Crippen LogP contribution in [0, 0.1) is 0 Å². The van der Waals surface area contributed by atoms with E-state index in [0.717, 1.165) is 19.6 Å². The zero-order chi connectivity index (χ0) is 49.5. The first-order valence-corrected chi connectivity index (χ1v) is 32.3. The van der Waals surface area contributed by atoms with Gasteiger partial charge in [-0.1, -0.05) is 287 Å². The minimum Gasteiger partial charge on any atom is -0.350 e. The van der Waals surface area contributed by atoms with Crippen LogP contribution in [0.1, 0.15) is 257 Å². The fourth-order valence-electron chi connectivity index (χ4n) is 10.6. The second-order valence-electron chi connectivity index (χ2n) is 21.1. The molecular formula is C68H107O2P. The molecule has 0 aromatic heterocycles. The van der Waals surface area contributed by atoms with Crippen molar-refractivity contribution in [1.29, 1.82) is 0 Å². The molecule has 0 radical (unpaired) electrons. The molecule has 1 aliphatic heterocycles. The van der Waals surface area contributed by atoms with Crippen molar-refractivity contribution in [3.05, 3.63) is 127 Å². The molecule has 1 fully saturated rings. The summed E-state index contributed by atoms with van der Waals surface area (Å²) in [7, 11) is 0. The maximum Gasteiger partial charge on any atom is 0.157 e. The van der Waals surface area contributed by atoms with Crippen LogP contribution in [0.5, 0.6) is 0 Å². The van der Waals surface area contributed by atoms with Gasteiger partial charge in [-0.2, -0.15) is 0 Å². The summed E-state index contributed by atoms with van der Waals surface area (Å²) in [5.41, 5.74) is 0. The molecule has 0 amide bonds. The van der Waals surface area contributed by atoms with Gasteiger partial charge in [0.05, 0.1) is 13.2 Å². The average molecular weight is 988 g/mol. The summed E-state index contributed by atoms with van der Waals surface area (Å²) >= 11 is 0. The third-order valence-corrected chi connectivity index (χ3v) is 19.1. The Labute approximate surface area is 439 Å². The predicted octanol–water partition coefficient (Wildman–Crippen LogP) is 20.4. The number of ether oxygens (including phenoxy) is 2. The highest BCUT2D eigenvalue weighted by Gasteiger charge is 2.24. The lowest BCUT2D eigenvalue weighted by atomic mass is 10.0. The quantitative estimate of drug-likeness (QED) is 0.0319. The zero-order valence-electron chi connectivity index (χ0n) is 45.7. The Morgan fingerprint density at radius 3 is 0.775 bits per heavy atom. The Balaban J connectivity index is 0.811. The van der Waals surface area contributed by atoms with Crippen LogP contribution in [0.2, 0.25) is 0 Å². The van der Waals surface area contributed by atoms with E-state index in [1.807, 2.05) is 0 Å². The van der Waals surface area contributed by atoms with Gasteiger partial charge in [0.2, 0.25) is 0 Å². The van der Waals surface area contributed by atoms with Crippen molar-refractivity contribution in [2.45, 2.75) is 263 Å². The van der Waals surface area contributed by atoms with Crippen molar-refractivity contribution in [2.75, 3.05) is 13.2 Å². The second-order valence-corrected chi connectivity index (χ2v) is 24.5. The molecule has 1 saturated heterocycles. The molecule has 0 unspecified atom stereocenters. The highest BCUT2D eigenvalue weighted by Crippen LogP contribution is 2.44. The summed E-state index contributed by atoms with van der Waals surface area (Å²) in [5, 5.41) is 4.39. The van der Waals surface area contributed by atoms with E-state index in [4.69, 9.17) is 9.47 Å². The van der Waals surface area contributed by atoms with Gasteiger partial charge in [0.1, 0.15) is 0 Å². The number of hydrogen-bond acceptors (Lipinski definition) is 2. The molecule has 0 aliphatic carbocycles. The number of benzene rings is 3. The lowest BCUT2D eigenvalue weighted by Gasteiger charge is -2.29. The van der Waals surface area contributed by atoms with Crippen LogP contribution in [-0.2, 0) is 9.47 Å². The van der Waals surface area contributed by atoms with Gasteiger partial charge in [-0.25, -0.2) is 0 Å². The number of rotatable bonds is 47. The molecule has 71 heavy (non-hydrogen) atoms. The van der Waals surface area contributed by atoms with Crippen LogP contribution in [0.4, 0.5) is 0 Å². The van der Waals surface area contributed by atoms with Crippen LogP contribution in [0.25, 0.3) is 0 Å². The highest BCUT2D eigenvalue weighted by atomic mass is 31.2. The van der Waals surface area contributed by atoms with Gasteiger partial charge in [-0.3, -0.25) is 0 Å². The first-order chi connectivity index (χ1) is 35.4. The Bertz CT molecular complexity index is 1640. The van der Waals surface area contributed by atoms with E-state index in [2.05, 4.69) is 133 Å². The van der Waals surface area contributed by atoms with Crippen molar-refractivity contribution in [2.24, 2.45) is 0 Å². The summed E-state index contributed by atoms with van der Waals surface area (Å²) in [6.45, 7) is -0.224. The normalized spacial score (nSPS) is 13.5. The van der Waals surface area contributed by atoms with Crippen LogP contribution < -0.4 is 15.9 Å². The molecule has 1 aliphatic rings. The monoisotopic (exact) mass is 987 g/mol. The van der Waals surface area contributed by atoms with E-state index in [9.17, 15) is 0 Å². The molecule has 0 atom stereocenters. The lowest BCUT2D eigenvalue weighted by Crippen LogP contribution is -2.26. The van der Waals surface area contributed by atoms with Crippen LogP contribution in [-0.4, -0.2) is 25.3 Å². The van der Waals surface area contributed by atoms with Crippen LogP contribution in [0.15, 0.2) is 127 Å². The molecule has 396 valence electrons. The molecule has 3 aromatic rings. The van der Waals surface area contributed by atoms with Gasteiger partial charge in [0, 0.05) is 0 Å². The van der Waals surface area contributed by atoms with E-state index in [0.29, 0.717) is 0 Å². The molecule has 3 aromatic carbocycles. The van der Waals surface area contributed by atoms with Crippen molar-refractivity contribution >= 4 is 28.6 Å². The zero-order valence-corrected chi connectivity index (χ0v) is 46.6. The number of hydrogen-bond donors (Lipinski definition) is 0. The third kappa shape index (κ3) is 30.2. The molecular weight excluding hydrogens is 880 g/mol. The molecule has 0 bridgehead atoms. The standard InChI is InChI=1S/C68H107O2P/c1(2-4-6-8-10-12-14-16-18-20-22-24-26-28-30-32-34-36-38-40-42-53-61-68-69-62-63-70-68)3-5-7-9-11-13-15-17-19-21-23-25-27-29-31-33-35-37-39-41-43-54-64-71(65-55-47-44-48-56-65,66-57-49-45-50-58-66)67-59-51-46-52-60-67/h1-2,23-26,44-52,55-60,64,68H,3-22,27-43,53-54,61-63H2/b2-1+,25-23+,26-24+. The largest absolute Gasteiger partial charge is 0.350 e. The van der Waals surface area contributed by atoms with E-state index in [1.54, 1.807) is 0 Å². The van der Waals surface area contributed by atoms with Crippen molar-refractivity contribution < 1.29 is 9.47 Å². The minimum absolute atomic E-state index is 0.0959. The lowest BCUT2D eigenvalue weighted by molar-refractivity contribution is -0.0480. The molecule has 0 spiro atoms. The second kappa shape index (κ2) is 44.6. The van der Waals surface area contributed by atoms with Gasteiger partial charge in [-0.05, 0) is 126 Å². The molecule has 1 heterocycles. The Hall–Kier alpha value is -2.90. The Kier molecular flexibility index (Phi) is 38.1. The van der Waals surface area contributed by atoms with Gasteiger partial charge >= 0.3 is 0 Å². The summed E-state index contributed by atoms with van der Waals surface area (Å²) in [6.07, 6.45) is 69.4. The summed E-state index contributed by atoms with van der Waals surface area (Å²) in [5.74, 6) is 2.71. The summed E-state index contributed by atoms with van der Waals surface area (Å²) in [4.78, 5) is 0. The fraction of sp³-hybridized carbons (Fsp3) is 0.632. The van der Waals surface area contributed by atoms with Gasteiger partial charge < -0.3 is 9.47 Å². The molecule has 4 rings (SSSR count). The van der Waals surface area contributed by atoms with E-state index in [1.165, 1.54) is 266 Å². The van der Waals surface area contributed by atoms with Crippen LogP contribution in [0.3, 0.4) is 0 Å². The Morgan fingerprint density at radius 2 is 0.507 bits per heavy atom. The fourth-order valence-corrected chi connectivity index (χ4v) is 14.6. The molecule has 2 nitrogen and oxygen atoms in total. The molecule has 0 saturated carbocycles. The minimum atomic E-state index is -1.80. The predicted molar refractivity (Wildman–Crippen MR) is 319 cm³/mol. The third-order valence-electron chi connectivity index (χ3n) is 15.0. The maximum atomic E-state index is 5.52. The highest BCUT2D eigenvalue weighted by molar-refractivity contribution is 7.94. The average Bonchev–Trinajstić information content (AvgIpc) is 3.94. The van der Waals surface area contributed by atoms with Crippen molar-refractivity contribution in [3.63, 3.8) is 0 Å². The van der Waals surface area contributed by atoms with Gasteiger partial charge in [0.15, 0.2) is 6.29 Å². The van der Waals surface area contributed by atoms with Gasteiger partial charge in [0.25, 0.3) is 0 Å². The number of allylic oxidation sites excluding steroid dienone is 6. The van der Waals surface area contributed by atoms with Gasteiger partial charge in [-0.15, -0.1) is 0 Å². The van der Waals surface area contributed by atoms with E-state index >= 15 is 0 Å². The van der Waals surface area contributed by atoms with Crippen molar-refractivity contribution in [1.82, 2.24) is 0 Å². The first-order valence-electron chi connectivity index (χ1n) is 30.5. The Morgan fingerprint density at radius 1 is 0.282 bits per heavy atom. The summed E-state index contributed by atoms with van der Waals surface area (Å²) in [6, 6.07) is 33.8. The topological polar surface area (TPSA) is 18.5 Å². The smallest absolute Gasteiger partial charge is 0.157 e. The van der Waals surface area contributed by atoms with Crippen LogP contribution >= 0.6 is 6.89 Å². The van der Waals surface area contributed by atoms with Crippen molar-refractivity contribution in [3.8, 4) is 0 Å². The van der Waals surface area contributed by atoms with E-state index < -0.39 is 6.89 Å².